The van der Waals surface area contributed by atoms with E-state index in [1.807, 2.05) is 12.1 Å². The average Bonchev–Trinajstić information content (AvgIpc) is 3.29. The van der Waals surface area contributed by atoms with Crippen LogP contribution in [0.25, 0.3) is 10.9 Å². The molecule has 3 aromatic rings. The first-order chi connectivity index (χ1) is 12.6. The second-order valence-corrected chi connectivity index (χ2v) is 7.16. The van der Waals surface area contributed by atoms with Crippen molar-refractivity contribution >= 4 is 22.5 Å². The molecule has 1 aromatic heterocycles. The Balaban J connectivity index is 1.41. The highest BCUT2D eigenvalue weighted by Gasteiger charge is 2.13. The van der Waals surface area contributed by atoms with Crippen LogP contribution in [0.1, 0.15) is 34.5 Å². The van der Waals surface area contributed by atoms with Gasteiger partial charge in [0.1, 0.15) is 0 Å². The number of hydrogen-bond donors (Lipinski definition) is 1. The van der Waals surface area contributed by atoms with Gasteiger partial charge in [-0.3, -0.25) is 4.79 Å². The number of rotatable bonds is 4. The summed E-state index contributed by atoms with van der Waals surface area (Å²) in [6.07, 6.45) is 2.51. The molecule has 4 heteroatoms. The third kappa shape index (κ3) is 3.19. The van der Waals surface area contributed by atoms with E-state index >= 15 is 0 Å². The molecule has 1 aliphatic heterocycles. The van der Waals surface area contributed by atoms with Crippen LogP contribution in [0.2, 0.25) is 0 Å². The van der Waals surface area contributed by atoms with E-state index in [2.05, 4.69) is 65.2 Å². The van der Waals surface area contributed by atoms with E-state index < -0.39 is 0 Å². The number of anilines is 1. The van der Waals surface area contributed by atoms with Gasteiger partial charge >= 0.3 is 0 Å². The Bertz CT molecular complexity index is 934. The second-order valence-electron chi connectivity index (χ2n) is 7.16. The van der Waals surface area contributed by atoms with Gasteiger partial charge in [0.2, 0.25) is 0 Å². The lowest BCUT2D eigenvalue weighted by Gasteiger charge is -2.17. The Kier molecular flexibility index (Phi) is 4.41. The zero-order valence-corrected chi connectivity index (χ0v) is 15.5. The lowest BCUT2D eigenvalue weighted by atomic mass is 10.1. The molecular weight excluding hydrogens is 322 g/mol. The fraction of sp³-hybridized carbons (Fsp3) is 0.318. The Morgan fingerprint density at radius 3 is 2.50 bits per heavy atom. The SMILES string of the molecule is Cc1cc2cc(CNC(=O)c3ccc(N4CCCC4)cc3)ccc2n1C. The predicted molar refractivity (Wildman–Crippen MR) is 107 cm³/mol. The van der Waals surface area contributed by atoms with E-state index in [1.54, 1.807) is 0 Å². The Morgan fingerprint density at radius 2 is 1.77 bits per heavy atom. The van der Waals surface area contributed by atoms with Gasteiger partial charge in [-0.15, -0.1) is 0 Å². The molecule has 1 N–H and O–H groups in total. The maximum Gasteiger partial charge on any atom is 0.251 e. The maximum atomic E-state index is 12.4. The number of fused-ring (bicyclic) bond motifs is 1. The van der Waals surface area contributed by atoms with Crippen molar-refractivity contribution in [1.82, 2.24) is 9.88 Å². The minimum absolute atomic E-state index is 0.0256. The smallest absolute Gasteiger partial charge is 0.251 e. The first kappa shape index (κ1) is 16.7. The van der Waals surface area contributed by atoms with Crippen molar-refractivity contribution in [2.45, 2.75) is 26.3 Å². The van der Waals surface area contributed by atoms with Crippen molar-refractivity contribution in [3.8, 4) is 0 Å². The monoisotopic (exact) mass is 347 g/mol. The number of nitrogens with zero attached hydrogens (tertiary/aromatic N) is 2. The van der Waals surface area contributed by atoms with Gasteiger partial charge in [-0.25, -0.2) is 0 Å². The van der Waals surface area contributed by atoms with Gasteiger partial charge in [-0.2, -0.15) is 0 Å². The first-order valence-electron chi connectivity index (χ1n) is 9.30. The van der Waals surface area contributed by atoms with Crippen LogP contribution in [0, 0.1) is 6.92 Å². The summed E-state index contributed by atoms with van der Waals surface area (Å²) in [5.41, 5.74) is 5.49. The van der Waals surface area contributed by atoms with E-state index in [0.29, 0.717) is 12.1 Å². The summed E-state index contributed by atoms with van der Waals surface area (Å²) in [5.74, 6) is -0.0256. The number of nitrogens with one attached hydrogen (secondary N) is 1. The number of carbonyl (C=O) groups is 1. The lowest BCUT2D eigenvalue weighted by molar-refractivity contribution is 0.0951. The van der Waals surface area contributed by atoms with Crippen LogP contribution in [0.3, 0.4) is 0 Å². The minimum Gasteiger partial charge on any atom is -0.372 e. The summed E-state index contributed by atoms with van der Waals surface area (Å²) in [4.78, 5) is 14.8. The molecule has 4 nitrogen and oxygen atoms in total. The molecule has 2 aromatic carbocycles. The van der Waals surface area contributed by atoms with Crippen LogP contribution in [-0.4, -0.2) is 23.6 Å². The molecule has 1 fully saturated rings. The van der Waals surface area contributed by atoms with E-state index in [1.165, 1.54) is 35.1 Å². The van der Waals surface area contributed by atoms with Crippen molar-refractivity contribution in [2.24, 2.45) is 7.05 Å². The van der Waals surface area contributed by atoms with Gasteiger partial charge in [-0.1, -0.05) is 6.07 Å². The molecular formula is C22H25N3O. The summed E-state index contributed by atoms with van der Waals surface area (Å²) in [6, 6.07) is 16.5. The fourth-order valence-electron chi connectivity index (χ4n) is 3.73. The molecule has 1 aliphatic rings. The van der Waals surface area contributed by atoms with Crippen LogP contribution >= 0.6 is 0 Å². The first-order valence-corrected chi connectivity index (χ1v) is 9.30. The largest absolute Gasteiger partial charge is 0.372 e. The second kappa shape index (κ2) is 6.87. The molecule has 4 rings (SSSR count). The molecule has 26 heavy (non-hydrogen) atoms. The molecule has 0 spiro atoms. The maximum absolute atomic E-state index is 12.4. The van der Waals surface area contributed by atoms with Crippen LogP contribution in [0.15, 0.2) is 48.5 Å². The molecule has 1 amide bonds. The Morgan fingerprint density at radius 1 is 1.04 bits per heavy atom. The van der Waals surface area contributed by atoms with Gasteiger partial charge in [0.15, 0.2) is 0 Å². The molecule has 0 radical (unpaired) electrons. The quantitative estimate of drug-likeness (QED) is 0.774. The lowest BCUT2D eigenvalue weighted by Crippen LogP contribution is -2.23. The van der Waals surface area contributed by atoms with Crippen molar-refractivity contribution in [2.75, 3.05) is 18.0 Å². The third-order valence-corrected chi connectivity index (χ3v) is 5.40. The number of carbonyl (C=O) groups excluding carboxylic acids is 1. The van der Waals surface area contributed by atoms with Crippen LogP contribution in [-0.2, 0) is 13.6 Å². The van der Waals surface area contributed by atoms with Gasteiger partial charge in [0.05, 0.1) is 0 Å². The van der Waals surface area contributed by atoms with Crippen LogP contribution in [0.5, 0.6) is 0 Å². The summed E-state index contributed by atoms with van der Waals surface area (Å²) in [7, 11) is 2.07. The van der Waals surface area contributed by atoms with E-state index in [9.17, 15) is 4.79 Å². The molecule has 2 heterocycles. The topological polar surface area (TPSA) is 37.3 Å². The molecule has 0 atom stereocenters. The highest BCUT2D eigenvalue weighted by Crippen LogP contribution is 2.21. The average molecular weight is 347 g/mol. The van der Waals surface area contributed by atoms with Gasteiger partial charge in [0, 0.05) is 54.5 Å². The highest BCUT2D eigenvalue weighted by molar-refractivity contribution is 5.94. The van der Waals surface area contributed by atoms with Crippen LogP contribution in [0.4, 0.5) is 5.69 Å². The zero-order valence-electron chi connectivity index (χ0n) is 15.5. The summed E-state index contributed by atoms with van der Waals surface area (Å²) in [5, 5.41) is 4.25. The van der Waals surface area contributed by atoms with Crippen molar-refractivity contribution in [3.63, 3.8) is 0 Å². The number of benzene rings is 2. The summed E-state index contributed by atoms with van der Waals surface area (Å²) in [6.45, 7) is 4.88. The molecule has 134 valence electrons. The van der Waals surface area contributed by atoms with Crippen molar-refractivity contribution in [3.05, 3.63) is 65.4 Å². The third-order valence-electron chi connectivity index (χ3n) is 5.40. The summed E-state index contributed by atoms with van der Waals surface area (Å²) < 4.78 is 2.18. The molecule has 1 saturated heterocycles. The van der Waals surface area contributed by atoms with Gasteiger partial charge in [0.25, 0.3) is 5.91 Å². The Labute approximate surface area is 154 Å². The molecule has 0 aliphatic carbocycles. The zero-order chi connectivity index (χ0) is 18.1. The Hall–Kier alpha value is -2.75. The normalized spacial score (nSPS) is 14.2. The number of hydrogen-bond acceptors (Lipinski definition) is 2. The minimum atomic E-state index is -0.0256. The van der Waals surface area contributed by atoms with Crippen LogP contribution < -0.4 is 10.2 Å². The van der Waals surface area contributed by atoms with E-state index in [-0.39, 0.29) is 5.91 Å². The molecule has 0 unspecified atom stereocenters. The summed E-state index contributed by atoms with van der Waals surface area (Å²) >= 11 is 0. The fourth-order valence-corrected chi connectivity index (χ4v) is 3.73. The standard InChI is InChI=1S/C22H25N3O/c1-16-13-19-14-17(5-10-21(19)24(16)2)15-23-22(26)18-6-8-20(9-7-18)25-11-3-4-12-25/h5-10,13-14H,3-4,11-12,15H2,1-2H3,(H,23,26). The van der Waals surface area contributed by atoms with E-state index in [4.69, 9.17) is 0 Å². The van der Waals surface area contributed by atoms with Crippen molar-refractivity contribution < 1.29 is 4.79 Å². The van der Waals surface area contributed by atoms with Gasteiger partial charge in [-0.05, 0) is 67.8 Å². The molecule has 0 saturated carbocycles. The number of aryl methyl sites for hydroxylation is 2. The number of aromatic nitrogens is 1. The number of amides is 1. The highest BCUT2D eigenvalue weighted by atomic mass is 16.1. The van der Waals surface area contributed by atoms with Crippen molar-refractivity contribution in [1.29, 1.82) is 0 Å². The van der Waals surface area contributed by atoms with E-state index in [0.717, 1.165) is 18.7 Å². The predicted octanol–water partition coefficient (Wildman–Crippen LogP) is 4.02. The molecule has 0 bridgehead atoms. The van der Waals surface area contributed by atoms with Gasteiger partial charge < -0.3 is 14.8 Å².